The summed E-state index contributed by atoms with van der Waals surface area (Å²) >= 11 is 6.34. The Morgan fingerprint density at radius 2 is 1.61 bits per heavy atom. The van der Waals surface area contributed by atoms with E-state index in [4.69, 9.17) is 25.8 Å². The number of rotatable bonds is 10. The van der Waals surface area contributed by atoms with Gasteiger partial charge >= 0.3 is 11.9 Å². The van der Waals surface area contributed by atoms with Gasteiger partial charge in [-0.25, -0.2) is 0 Å². The van der Waals surface area contributed by atoms with Crippen LogP contribution in [0, 0.1) is 11.3 Å². The fourth-order valence-corrected chi connectivity index (χ4v) is 3.90. The van der Waals surface area contributed by atoms with Gasteiger partial charge in [-0.3, -0.25) is 14.4 Å². The van der Waals surface area contributed by atoms with Crippen molar-refractivity contribution in [2.45, 2.75) is 66.7 Å². The molecule has 2 aromatic carbocycles. The highest BCUT2D eigenvalue weighted by Gasteiger charge is 2.25. The first-order valence-corrected chi connectivity index (χ1v) is 13.1. The van der Waals surface area contributed by atoms with Gasteiger partial charge in [0.2, 0.25) is 5.91 Å². The van der Waals surface area contributed by atoms with E-state index in [2.05, 4.69) is 50.4 Å². The number of carbonyl (C=O) groups is 3. The number of carbonyl (C=O) groups excluding carboxylic acids is 3. The van der Waals surface area contributed by atoms with Crippen LogP contribution in [0.5, 0.6) is 11.5 Å². The van der Waals surface area contributed by atoms with Gasteiger partial charge in [-0.2, -0.15) is 0 Å². The summed E-state index contributed by atoms with van der Waals surface area (Å²) in [4.78, 5) is 36.5. The number of amides is 1. The monoisotopic (exact) mass is 545 g/mol. The van der Waals surface area contributed by atoms with E-state index in [-0.39, 0.29) is 47.0 Å². The van der Waals surface area contributed by atoms with Crippen LogP contribution >= 0.6 is 11.6 Å². The third-order valence-electron chi connectivity index (χ3n) is 5.93. The van der Waals surface area contributed by atoms with E-state index in [1.54, 1.807) is 6.07 Å². The number of hydrogen-bond donors (Lipinski definition) is 1. The molecule has 2 aromatic rings. The molecule has 0 spiro atoms. The smallest absolute Gasteiger partial charge is 0.311 e. The SMILES string of the molecule is COc1cc(CC(=O)NCC(COC(=O)C(C)(C)C)Cc2ccc(C(C)(C)C)cc2)c(Cl)cc1OC(C)=O. The van der Waals surface area contributed by atoms with Gasteiger partial charge in [-0.05, 0) is 55.4 Å². The van der Waals surface area contributed by atoms with Gasteiger partial charge in [-0.1, -0.05) is 56.6 Å². The minimum absolute atomic E-state index is 0.00429. The Labute approximate surface area is 231 Å². The zero-order valence-electron chi connectivity index (χ0n) is 23.7. The second kappa shape index (κ2) is 13.1. The molecule has 7 nitrogen and oxygen atoms in total. The maximum absolute atomic E-state index is 12.8. The van der Waals surface area contributed by atoms with Gasteiger partial charge in [0.1, 0.15) is 0 Å². The van der Waals surface area contributed by atoms with Crippen molar-refractivity contribution < 1.29 is 28.6 Å². The molecule has 1 atom stereocenters. The van der Waals surface area contributed by atoms with Crippen molar-refractivity contribution >= 4 is 29.4 Å². The molecule has 0 saturated heterocycles. The minimum Gasteiger partial charge on any atom is -0.493 e. The standard InChI is InChI=1S/C30H40ClNO6/c1-19(33)38-26-16-24(31)22(14-25(26)36-8)15-27(34)32-17-21(18-37-28(35)30(5,6)7)13-20-9-11-23(12-10-20)29(2,3)4/h9-12,14,16,21H,13,15,17-18H2,1-8H3,(H,32,34). The van der Waals surface area contributed by atoms with Crippen LogP contribution in [0.15, 0.2) is 36.4 Å². The molecular weight excluding hydrogens is 506 g/mol. The molecule has 0 aliphatic carbocycles. The third-order valence-corrected chi connectivity index (χ3v) is 6.28. The van der Waals surface area contributed by atoms with Crippen molar-refractivity contribution in [3.05, 3.63) is 58.1 Å². The average molecular weight is 546 g/mol. The van der Waals surface area contributed by atoms with Crippen LogP contribution in [0.2, 0.25) is 5.02 Å². The highest BCUT2D eigenvalue weighted by molar-refractivity contribution is 6.31. The minimum atomic E-state index is -0.615. The first kappa shape index (κ1) is 31.2. The predicted molar refractivity (Wildman–Crippen MR) is 149 cm³/mol. The maximum atomic E-state index is 12.8. The third kappa shape index (κ3) is 9.67. The molecule has 8 heteroatoms. The molecule has 0 heterocycles. The van der Waals surface area contributed by atoms with E-state index in [1.807, 2.05) is 20.8 Å². The quantitative estimate of drug-likeness (QED) is 0.305. The molecule has 1 N–H and O–H groups in total. The summed E-state index contributed by atoms with van der Waals surface area (Å²) in [6.45, 7) is 13.7. The predicted octanol–water partition coefficient (Wildman–Crippen LogP) is 5.68. The fourth-order valence-electron chi connectivity index (χ4n) is 3.67. The molecule has 0 aromatic heterocycles. The topological polar surface area (TPSA) is 90.9 Å². The Hall–Kier alpha value is -3.06. The summed E-state index contributed by atoms with van der Waals surface area (Å²) in [5.74, 6) is -0.670. The van der Waals surface area contributed by atoms with Gasteiger partial charge < -0.3 is 19.5 Å². The molecular formula is C30H40ClNO6. The summed E-state index contributed by atoms with van der Waals surface area (Å²) in [5.41, 5.74) is 2.30. The molecule has 0 saturated carbocycles. The van der Waals surface area contributed by atoms with E-state index < -0.39 is 11.4 Å². The number of ether oxygens (including phenoxy) is 3. The molecule has 0 radical (unpaired) electrons. The average Bonchev–Trinajstić information content (AvgIpc) is 2.81. The van der Waals surface area contributed by atoms with Gasteiger partial charge in [0, 0.05) is 30.5 Å². The van der Waals surface area contributed by atoms with Gasteiger partial charge in [-0.15, -0.1) is 0 Å². The molecule has 208 valence electrons. The van der Waals surface area contributed by atoms with Crippen molar-refractivity contribution in [3.8, 4) is 11.5 Å². The van der Waals surface area contributed by atoms with E-state index in [0.717, 1.165) is 5.56 Å². The van der Waals surface area contributed by atoms with Crippen molar-refractivity contribution in [2.75, 3.05) is 20.3 Å². The summed E-state index contributed by atoms with van der Waals surface area (Å²) < 4.78 is 16.0. The summed E-state index contributed by atoms with van der Waals surface area (Å²) in [6.07, 6.45) is 0.637. The molecule has 1 unspecified atom stereocenters. The van der Waals surface area contributed by atoms with Crippen molar-refractivity contribution in [1.82, 2.24) is 5.32 Å². The van der Waals surface area contributed by atoms with E-state index >= 15 is 0 Å². The Balaban J connectivity index is 2.11. The number of benzene rings is 2. The highest BCUT2D eigenvalue weighted by atomic mass is 35.5. The Morgan fingerprint density at radius 3 is 2.13 bits per heavy atom. The normalized spacial score (nSPS) is 12.4. The zero-order chi connectivity index (χ0) is 28.7. The van der Waals surface area contributed by atoms with Crippen molar-refractivity contribution in [1.29, 1.82) is 0 Å². The summed E-state index contributed by atoms with van der Waals surface area (Å²) in [6, 6.07) is 11.4. The summed E-state index contributed by atoms with van der Waals surface area (Å²) in [7, 11) is 1.44. The van der Waals surface area contributed by atoms with E-state index in [0.29, 0.717) is 24.3 Å². The molecule has 0 aliphatic heterocycles. The highest BCUT2D eigenvalue weighted by Crippen LogP contribution is 2.34. The number of esters is 2. The lowest BCUT2D eigenvalue weighted by Gasteiger charge is -2.23. The van der Waals surface area contributed by atoms with Crippen molar-refractivity contribution in [2.24, 2.45) is 11.3 Å². The largest absolute Gasteiger partial charge is 0.493 e. The van der Waals surface area contributed by atoms with Crippen LogP contribution in [-0.4, -0.2) is 38.1 Å². The maximum Gasteiger partial charge on any atom is 0.311 e. The fraction of sp³-hybridized carbons (Fsp3) is 0.500. The molecule has 2 rings (SSSR count). The number of hydrogen-bond acceptors (Lipinski definition) is 6. The van der Waals surface area contributed by atoms with Crippen molar-refractivity contribution in [3.63, 3.8) is 0 Å². The van der Waals surface area contributed by atoms with Crippen LogP contribution in [0.3, 0.4) is 0 Å². The number of halogens is 1. The number of methoxy groups -OCH3 is 1. The van der Waals surface area contributed by atoms with E-state index in [1.165, 1.54) is 25.7 Å². The van der Waals surface area contributed by atoms with Crippen LogP contribution in [-0.2, 0) is 37.4 Å². The first-order valence-electron chi connectivity index (χ1n) is 12.7. The molecule has 0 bridgehead atoms. The van der Waals surface area contributed by atoms with Crippen LogP contribution in [0.25, 0.3) is 0 Å². The molecule has 0 aliphatic rings. The van der Waals surface area contributed by atoms with Gasteiger partial charge in [0.25, 0.3) is 0 Å². The molecule has 38 heavy (non-hydrogen) atoms. The van der Waals surface area contributed by atoms with Crippen LogP contribution in [0.1, 0.15) is 65.2 Å². The summed E-state index contributed by atoms with van der Waals surface area (Å²) in [5, 5.41) is 3.23. The second-order valence-corrected chi connectivity index (χ2v) is 11.9. The lowest BCUT2D eigenvalue weighted by atomic mass is 9.86. The molecule has 1 amide bonds. The molecule has 0 fully saturated rings. The lowest BCUT2D eigenvalue weighted by molar-refractivity contribution is -0.154. The van der Waals surface area contributed by atoms with Crippen LogP contribution < -0.4 is 14.8 Å². The zero-order valence-corrected chi connectivity index (χ0v) is 24.5. The lowest BCUT2D eigenvalue weighted by Crippen LogP contribution is -2.35. The Bertz CT molecular complexity index is 1130. The van der Waals surface area contributed by atoms with Gasteiger partial charge in [0.05, 0.1) is 25.6 Å². The Morgan fingerprint density at radius 1 is 0.974 bits per heavy atom. The van der Waals surface area contributed by atoms with Gasteiger partial charge in [0.15, 0.2) is 11.5 Å². The second-order valence-electron chi connectivity index (χ2n) is 11.5. The Kier molecular flexibility index (Phi) is 10.8. The van der Waals surface area contributed by atoms with E-state index in [9.17, 15) is 14.4 Å². The number of nitrogens with one attached hydrogen (secondary N) is 1. The first-order chi connectivity index (χ1) is 17.6. The van der Waals surface area contributed by atoms with Crippen LogP contribution in [0.4, 0.5) is 0 Å².